The highest BCUT2D eigenvalue weighted by Crippen LogP contribution is 2.45. The number of amides is 1. The molecule has 1 fully saturated rings. The van der Waals surface area contributed by atoms with Crippen LogP contribution in [-0.2, 0) is 10.3 Å². The molecule has 0 atom stereocenters. The Hall–Kier alpha value is -4.65. The molecule has 0 unspecified atom stereocenters. The number of aliphatic carboxylic acids is 1. The summed E-state index contributed by atoms with van der Waals surface area (Å²) >= 11 is 0. The minimum atomic E-state index is -5.08. The van der Waals surface area contributed by atoms with Crippen molar-refractivity contribution in [2.75, 3.05) is 0 Å². The number of benzene rings is 2. The van der Waals surface area contributed by atoms with Crippen molar-refractivity contribution < 1.29 is 27.9 Å². The van der Waals surface area contributed by atoms with Crippen LogP contribution in [0.1, 0.15) is 34.5 Å². The molecule has 0 bridgehead atoms. The van der Waals surface area contributed by atoms with Crippen LogP contribution >= 0.6 is 0 Å². The Morgan fingerprint density at radius 1 is 1.03 bits per heavy atom. The van der Waals surface area contributed by atoms with Crippen molar-refractivity contribution in [2.24, 2.45) is 0 Å². The van der Waals surface area contributed by atoms with Crippen molar-refractivity contribution in [3.8, 4) is 17.5 Å². The number of nitriles is 1. The first-order valence-electron chi connectivity index (χ1n) is 10.8. The number of imidazole rings is 1. The smallest absolute Gasteiger partial charge is 0.475 e. The number of aromatic nitrogens is 2. The average molecular weight is 492 g/mol. The zero-order chi connectivity index (χ0) is 25.9. The number of carbonyl (C=O) groups is 2. The maximum Gasteiger partial charge on any atom is 0.490 e. The number of nitrogens with one attached hydrogen (secondary N) is 1. The zero-order valence-corrected chi connectivity index (χ0v) is 18.7. The third-order valence-electron chi connectivity index (χ3n) is 5.69. The summed E-state index contributed by atoms with van der Waals surface area (Å²) in [5.41, 5.74) is 3.31. The second-order valence-corrected chi connectivity index (χ2v) is 8.14. The first-order chi connectivity index (χ1) is 17.1. The molecule has 7 nitrogen and oxygen atoms in total. The van der Waals surface area contributed by atoms with Crippen molar-refractivity contribution in [3.63, 3.8) is 0 Å². The fraction of sp³-hybridized carbons (Fsp3) is 0.154. The fourth-order valence-corrected chi connectivity index (χ4v) is 3.78. The molecule has 0 aliphatic heterocycles. The highest BCUT2D eigenvalue weighted by atomic mass is 19.4. The van der Waals surface area contributed by atoms with Gasteiger partial charge in [0.2, 0.25) is 0 Å². The van der Waals surface area contributed by atoms with Crippen LogP contribution in [0.25, 0.3) is 16.9 Å². The molecule has 10 heteroatoms. The minimum absolute atomic E-state index is 0.183. The monoisotopic (exact) mass is 492 g/mol. The molecule has 5 rings (SSSR count). The molecule has 0 spiro atoms. The molecule has 36 heavy (non-hydrogen) atoms. The van der Waals surface area contributed by atoms with Gasteiger partial charge in [-0.15, -0.1) is 0 Å². The van der Waals surface area contributed by atoms with Crippen molar-refractivity contribution >= 4 is 17.4 Å². The van der Waals surface area contributed by atoms with Crippen LogP contribution < -0.4 is 5.32 Å². The minimum Gasteiger partial charge on any atom is -0.475 e. The predicted molar refractivity (Wildman–Crippen MR) is 124 cm³/mol. The van der Waals surface area contributed by atoms with Gasteiger partial charge in [-0.1, -0.05) is 48.5 Å². The van der Waals surface area contributed by atoms with E-state index in [1.807, 2.05) is 59.1 Å². The highest BCUT2D eigenvalue weighted by Gasteiger charge is 2.46. The average Bonchev–Trinajstić information content (AvgIpc) is 3.55. The number of hydrogen-bond donors (Lipinski definition) is 2. The van der Waals surface area contributed by atoms with E-state index in [-0.39, 0.29) is 11.4 Å². The molecule has 2 N–H and O–H groups in total. The molecule has 0 saturated heterocycles. The number of nitrogens with zero attached hydrogens (tertiary/aromatic N) is 3. The van der Waals surface area contributed by atoms with Gasteiger partial charge in [-0.05, 0) is 42.7 Å². The first kappa shape index (κ1) is 24.5. The van der Waals surface area contributed by atoms with Crippen LogP contribution in [-0.4, -0.2) is 32.5 Å². The van der Waals surface area contributed by atoms with Crippen LogP contribution in [0.4, 0.5) is 13.2 Å². The van der Waals surface area contributed by atoms with Crippen molar-refractivity contribution in [3.05, 3.63) is 95.8 Å². The Labute approximate surface area is 203 Å². The van der Waals surface area contributed by atoms with Gasteiger partial charge in [0.05, 0.1) is 22.7 Å². The summed E-state index contributed by atoms with van der Waals surface area (Å²) in [6.07, 6.45) is -1.35. The predicted octanol–water partition coefficient (Wildman–Crippen LogP) is 4.93. The second kappa shape index (κ2) is 9.54. The molecule has 182 valence electrons. The van der Waals surface area contributed by atoms with E-state index in [1.165, 1.54) is 0 Å². The Balaban J connectivity index is 0.000000384. The summed E-state index contributed by atoms with van der Waals surface area (Å²) < 4.78 is 33.6. The second-order valence-electron chi connectivity index (χ2n) is 8.14. The molecule has 2 heterocycles. The maximum atomic E-state index is 13.2. The van der Waals surface area contributed by atoms with Gasteiger partial charge in [0.1, 0.15) is 5.82 Å². The molecule has 0 radical (unpaired) electrons. The Bertz CT molecular complexity index is 1470. The lowest BCUT2D eigenvalue weighted by atomic mass is 10.0. The lowest BCUT2D eigenvalue weighted by molar-refractivity contribution is -0.192. The number of carboxylic acids is 1. The number of carboxylic acid groups (broad SMARTS) is 1. The number of rotatable bonds is 4. The molecule has 1 aliphatic rings. The maximum absolute atomic E-state index is 13.2. The van der Waals surface area contributed by atoms with Gasteiger partial charge in [-0.2, -0.15) is 18.4 Å². The van der Waals surface area contributed by atoms with E-state index in [9.17, 15) is 23.2 Å². The number of halogens is 3. The summed E-state index contributed by atoms with van der Waals surface area (Å²) in [7, 11) is 0. The number of fused-ring (bicyclic) bond motifs is 1. The van der Waals surface area contributed by atoms with E-state index >= 15 is 0 Å². The SMILES string of the molecule is N#Cc1cccc(-c2nc(C(=O)NC3(c4ccccc4)CC3)c3ccccn23)c1.O=C(O)C(F)(F)F. The van der Waals surface area contributed by atoms with Crippen LogP contribution in [0.15, 0.2) is 79.0 Å². The van der Waals surface area contributed by atoms with Crippen molar-refractivity contribution in [2.45, 2.75) is 24.6 Å². The largest absolute Gasteiger partial charge is 0.490 e. The lowest BCUT2D eigenvalue weighted by Gasteiger charge is -2.17. The fourth-order valence-electron chi connectivity index (χ4n) is 3.78. The summed E-state index contributed by atoms with van der Waals surface area (Å²) in [6, 6.07) is 25.2. The van der Waals surface area contributed by atoms with E-state index in [2.05, 4.69) is 28.5 Å². The molecular formula is C26H19F3N4O3. The topological polar surface area (TPSA) is 107 Å². The standard InChI is InChI=1S/C24H18N4O.C2HF3O2/c25-16-17-7-6-8-18(15-17)22-26-21(20-11-4-5-14-28(20)22)23(29)27-24(12-13-24)19-9-2-1-3-10-19;3-2(4,5)1(6)7/h1-11,14-15H,12-13H2,(H,27,29);(H,6,7). The third kappa shape index (κ3) is 5.05. The highest BCUT2D eigenvalue weighted by molar-refractivity contribution is 6.00. The van der Waals surface area contributed by atoms with E-state index in [0.29, 0.717) is 17.1 Å². The Morgan fingerprint density at radius 2 is 1.69 bits per heavy atom. The summed E-state index contributed by atoms with van der Waals surface area (Å²) in [6.45, 7) is 0. The van der Waals surface area contributed by atoms with Crippen LogP contribution in [0.2, 0.25) is 0 Å². The Kier molecular flexibility index (Phi) is 6.49. The van der Waals surface area contributed by atoms with Gasteiger partial charge >= 0.3 is 12.1 Å². The molecule has 1 saturated carbocycles. The molecule has 2 aromatic carbocycles. The zero-order valence-electron chi connectivity index (χ0n) is 18.7. The van der Waals surface area contributed by atoms with E-state index in [1.54, 1.807) is 12.1 Å². The number of hydrogen-bond acceptors (Lipinski definition) is 4. The molecule has 4 aromatic rings. The summed E-state index contributed by atoms with van der Waals surface area (Å²) in [5.74, 6) is -2.29. The molecule has 2 aromatic heterocycles. The van der Waals surface area contributed by atoms with Gasteiger partial charge in [0.25, 0.3) is 5.91 Å². The molecule has 1 amide bonds. The van der Waals surface area contributed by atoms with Crippen molar-refractivity contribution in [1.29, 1.82) is 5.26 Å². The number of pyridine rings is 1. The quantitative estimate of drug-likeness (QED) is 0.420. The van der Waals surface area contributed by atoms with Gasteiger partial charge in [0, 0.05) is 11.8 Å². The van der Waals surface area contributed by atoms with E-state index in [4.69, 9.17) is 9.90 Å². The summed E-state index contributed by atoms with van der Waals surface area (Å²) in [4.78, 5) is 26.8. The molecule has 1 aliphatic carbocycles. The van der Waals surface area contributed by atoms with E-state index < -0.39 is 12.1 Å². The molecular weight excluding hydrogens is 473 g/mol. The third-order valence-corrected chi connectivity index (χ3v) is 5.69. The normalized spacial score (nSPS) is 13.7. The number of carbonyl (C=O) groups excluding carboxylic acids is 1. The van der Waals surface area contributed by atoms with Crippen LogP contribution in [0.5, 0.6) is 0 Å². The lowest BCUT2D eigenvalue weighted by Crippen LogP contribution is -2.35. The van der Waals surface area contributed by atoms with Crippen LogP contribution in [0, 0.1) is 11.3 Å². The Morgan fingerprint density at radius 3 is 2.31 bits per heavy atom. The van der Waals surface area contributed by atoms with Gasteiger partial charge in [-0.3, -0.25) is 9.20 Å². The van der Waals surface area contributed by atoms with Crippen LogP contribution in [0.3, 0.4) is 0 Å². The van der Waals surface area contributed by atoms with Gasteiger partial charge in [-0.25, -0.2) is 9.78 Å². The number of alkyl halides is 3. The summed E-state index contributed by atoms with van der Waals surface area (Å²) in [5, 5.41) is 19.6. The van der Waals surface area contributed by atoms with Crippen molar-refractivity contribution in [1.82, 2.24) is 14.7 Å². The van der Waals surface area contributed by atoms with Gasteiger partial charge in [0.15, 0.2) is 5.69 Å². The van der Waals surface area contributed by atoms with E-state index in [0.717, 1.165) is 29.5 Å². The van der Waals surface area contributed by atoms with Gasteiger partial charge < -0.3 is 10.4 Å². The first-order valence-corrected chi connectivity index (χ1v) is 10.8.